The molecule has 0 radical (unpaired) electrons. The van der Waals surface area contributed by atoms with Gasteiger partial charge < -0.3 is 14.5 Å². The van der Waals surface area contributed by atoms with E-state index in [0.29, 0.717) is 12.1 Å². The van der Waals surface area contributed by atoms with Gasteiger partial charge in [-0.1, -0.05) is 0 Å². The highest BCUT2D eigenvalue weighted by Crippen LogP contribution is 2.23. The lowest BCUT2D eigenvalue weighted by Crippen LogP contribution is -2.57. The summed E-state index contributed by atoms with van der Waals surface area (Å²) in [6, 6.07) is 7.25. The molecule has 1 aliphatic rings. The Morgan fingerprint density at radius 1 is 1.29 bits per heavy atom. The smallest absolute Gasteiger partial charge is 0.257 e. The van der Waals surface area contributed by atoms with Crippen LogP contribution in [-0.4, -0.2) is 52.7 Å². The van der Waals surface area contributed by atoms with Crippen molar-refractivity contribution in [3.8, 4) is 5.75 Å². The first-order chi connectivity index (χ1) is 11.5. The van der Waals surface area contributed by atoms with Crippen LogP contribution in [0.15, 0.2) is 36.7 Å². The Morgan fingerprint density at radius 3 is 2.58 bits per heavy atom. The molecular formula is C17H20N4O3. The Hall–Kier alpha value is -2.83. The van der Waals surface area contributed by atoms with Crippen molar-refractivity contribution < 1.29 is 14.3 Å². The number of rotatable bonds is 3. The van der Waals surface area contributed by atoms with Gasteiger partial charge in [0.15, 0.2) is 0 Å². The number of piperazine rings is 1. The maximum atomic E-state index is 12.6. The van der Waals surface area contributed by atoms with Crippen molar-refractivity contribution in [1.29, 1.82) is 0 Å². The van der Waals surface area contributed by atoms with Gasteiger partial charge in [0.25, 0.3) is 5.91 Å². The van der Waals surface area contributed by atoms with Crippen molar-refractivity contribution in [2.45, 2.75) is 13.0 Å². The van der Waals surface area contributed by atoms with E-state index < -0.39 is 0 Å². The number of aryl methyl sites for hydroxylation is 1. The second kappa shape index (κ2) is 6.35. The molecule has 7 nitrogen and oxygen atoms in total. The normalized spacial score (nSPS) is 18.0. The largest absolute Gasteiger partial charge is 0.497 e. The lowest BCUT2D eigenvalue weighted by atomic mass is 10.1. The van der Waals surface area contributed by atoms with E-state index in [1.165, 1.54) is 6.20 Å². The van der Waals surface area contributed by atoms with Crippen LogP contribution in [0.4, 0.5) is 5.69 Å². The average Bonchev–Trinajstić information content (AvgIpc) is 3.02. The minimum atomic E-state index is -0.168. The van der Waals surface area contributed by atoms with Crippen LogP contribution in [0.5, 0.6) is 5.75 Å². The minimum absolute atomic E-state index is 0.0565. The number of hydrogen-bond donors (Lipinski definition) is 0. The lowest BCUT2D eigenvalue weighted by Gasteiger charge is -2.39. The van der Waals surface area contributed by atoms with E-state index >= 15 is 0 Å². The first kappa shape index (κ1) is 16.0. The fourth-order valence-electron chi connectivity index (χ4n) is 2.83. The molecule has 2 heterocycles. The number of nitrogens with zero attached hydrogens (tertiary/aromatic N) is 4. The highest BCUT2D eigenvalue weighted by atomic mass is 16.5. The van der Waals surface area contributed by atoms with Crippen LogP contribution >= 0.6 is 0 Å². The summed E-state index contributed by atoms with van der Waals surface area (Å²) in [5.41, 5.74) is 1.30. The van der Waals surface area contributed by atoms with Gasteiger partial charge in [-0.2, -0.15) is 5.10 Å². The molecule has 0 unspecified atom stereocenters. The molecule has 126 valence electrons. The molecule has 0 saturated carbocycles. The van der Waals surface area contributed by atoms with E-state index in [-0.39, 0.29) is 24.4 Å². The molecule has 1 aromatic carbocycles. The number of carbonyl (C=O) groups excluding carboxylic acids is 2. The fraction of sp³-hybridized carbons (Fsp3) is 0.353. The third kappa shape index (κ3) is 2.97. The van der Waals surface area contributed by atoms with Gasteiger partial charge in [-0.05, 0) is 31.2 Å². The monoisotopic (exact) mass is 328 g/mol. The van der Waals surface area contributed by atoms with Crippen molar-refractivity contribution in [2.75, 3.05) is 25.1 Å². The first-order valence-corrected chi connectivity index (χ1v) is 7.73. The molecule has 1 atom stereocenters. The summed E-state index contributed by atoms with van der Waals surface area (Å²) in [7, 11) is 3.36. The summed E-state index contributed by atoms with van der Waals surface area (Å²) in [5, 5.41) is 4.02. The van der Waals surface area contributed by atoms with Crippen LogP contribution < -0.4 is 9.64 Å². The van der Waals surface area contributed by atoms with Crippen molar-refractivity contribution >= 4 is 17.5 Å². The van der Waals surface area contributed by atoms with Crippen molar-refractivity contribution in [2.24, 2.45) is 7.05 Å². The van der Waals surface area contributed by atoms with Crippen LogP contribution in [0.25, 0.3) is 0 Å². The zero-order chi connectivity index (χ0) is 17.3. The van der Waals surface area contributed by atoms with Gasteiger partial charge in [0.2, 0.25) is 5.91 Å². The molecule has 2 amide bonds. The zero-order valence-electron chi connectivity index (χ0n) is 14.0. The van der Waals surface area contributed by atoms with E-state index in [0.717, 1.165) is 11.4 Å². The maximum Gasteiger partial charge on any atom is 0.257 e. The molecule has 0 aliphatic carbocycles. The highest BCUT2D eigenvalue weighted by Gasteiger charge is 2.34. The predicted octanol–water partition coefficient (Wildman–Crippen LogP) is 1.31. The average molecular weight is 328 g/mol. The maximum absolute atomic E-state index is 12.6. The minimum Gasteiger partial charge on any atom is -0.497 e. The second-order valence-electron chi connectivity index (χ2n) is 5.89. The van der Waals surface area contributed by atoms with Crippen LogP contribution in [0, 0.1) is 0 Å². The van der Waals surface area contributed by atoms with E-state index in [2.05, 4.69) is 5.10 Å². The van der Waals surface area contributed by atoms with Crippen LogP contribution in [-0.2, 0) is 11.8 Å². The van der Waals surface area contributed by atoms with Crippen LogP contribution in [0.2, 0.25) is 0 Å². The lowest BCUT2D eigenvalue weighted by molar-refractivity contribution is -0.121. The molecule has 0 spiro atoms. The quantitative estimate of drug-likeness (QED) is 0.852. The summed E-state index contributed by atoms with van der Waals surface area (Å²) in [5.74, 6) is 0.471. The first-order valence-electron chi connectivity index (χ1n) is 7.73. The van der Waals surface area contributed by atoms with E-state index in [1.807, 2.05) is 31.2 Å². The molecule has 1 saturated heterocycles. The summed E-state index contributed by atoms with van der Waals surface area (Å²) in [4.78, 5) is 28.4. The topological polar surface area (TPSA) is 67.7 Å². The molecule has 2 aromatic rings. The molecule has 3 rings (SSSR count). The number of carbonyl (C=O) groups is 2. The number of ether oxygens (including phenoxy) is 1. The van der Waals surface area contributed by atoms with Crippen LogP contribution in [0.3, 0.4) is 0 Å². The zero-order valence-corrected chi connectivity index (χ0v) is 14.0. The van der Waals surface area contributed by atoms with Gasteiger partial charge in [-0.25, -0.2) is 0 Å². The van der Waals surface area contributed by atoms with E-state index in [4.69, 9.17) is 4.74 Å². The Balaban J connectivity index is 1.76. The standard InChI is InChI=1S/C17H20N4O3/c1-12-9-21(14-4-6-15(24-3)7-5-14)16(22)11-20(12)17(23)13-8-18-19(2)10-13/h4-8,10,12H,9,11H2,1-3H3/t12-/m1/s1. The molecule has 1 aliphatic heterocycles. The number of amides is 2. The second-order valence-corrected chi connectivity index (χ2v) is 5.89. The summed E-state index contributed by atoms with van der Waals surface area (Å²) in [6.07, 6.45) is 3.19. The van der Waals surface area contributed by atoms with Gasteiger partial charge in [0.1, 0.15) is 12.3 Å². The number of aromatic nitrogens is 2. The molecule has 1 aromatic heterocycles. The predicted molar refractivity (Wildman–Crippen MR) is 89.1 cm³/mol. The summed E-state index contributed by atoms with van der Waals surface area (Å²) < 4.78 is 6.72. The third-order valence-corrected chi connectivity index (χ3v) is 4.18. The number of benzene rings is 1. The third-order valence-electron chi connectivity index (χ3n) is 4.18. The van der Waals surface area contributed by atoms with Gasteiger partial charge in [0.05, 0.1) is 18.9 Å². The Morgan fingerprint density at radius 2 is 2.00 bits per heavy atom. The van der Waals surface area contributed by atoms with Crippen molar-refractivity contribution in [3.63, 3.8) is 0 Å². The fourth-order valence-corrected chi connectivity index (χ4v) is 2.83. The van der Waals surface area contributed by atoms with Gasteiger partial charge in [-0.15, -0.1) is 0 Å². The highest BCUT2D eigenvalue weighted by molar-refractivity contribution is 6.01. The SMILES string of the molecule is COc1ccc(N2C[C@@H](C)N(C(=O)c3cnn(C)c3)CC2=O)cc1. The van der Waals surface area contributed by atoms with Crippen molar-refractivity contribution in [3.05, 3.63) is 42.2 Å². The Labute approximate surface area is 140 Å². The molecule has 7 heteroatoms. The van der Waals surface area contributed by atoms with E-state index in [1.54, 1.807) is 34.8 Å². The molecule has 24 heavy (non-hydrogen) atoms. The Kier molecular flexibility index (Phi) is 4.24. The molecule has 0 N–H and O–H groups in total. The number of anilines is 1. The van der Waals surface area contributed by atoms with Crippen LogP contribution in [0.1, 0.15) is 17.3 Å². The molecule has 0 bridgehead atoms. The molecule has 1 fully saturated rings. The Bertz CT molecular complexity index is 753. The van der Waals surface area contributed by atoms with Gasteiger partial charge >= 0.3 is 0 Å². The van der Waals surface area contributed by atoms with Gasteiger partial charge in [-0.3, -0.25) is 14.3 Å². The van der Waals surface area contributed by atoms with E-state index in [9.17, 15) is 9.59 Å². The number of hydrogen-bond acceptors (Lipinski definition) is 4. The molecular weight excluding hydrogens is 308 g/mol. The summed E-state index contributed by atoms with van der Waals surface area (Å²) >= 11 is 0. The van der Waals surface area contributed by atoms with Gasteiger partial charge in [0, 0.05) is 31.5 Å². The van der Waals surface area contributed by atoms with Crippen molar-refractivity contribution in [1.82, 2.24) is 14.7 Å². The summed E-state index contributed by atoms with van der Waals surface area (Å²) in [6.45, 7) is 2.45. The number of methoxy groups -OCH3 is 1.